The standard InChI is InChI=1S/C15H21N7O5S2/c1-8-11(12(23)21(2)3)13(22(4)19-8)29(24,25)20-15(28)18-14-16-9(26-5)7-10(17-14)27-6/h7H,1-6H3,(H2,16,17,18,20,28). The third-order valence-electron chi connectivity index (χ3n) is 3.59. The summed E-state index contributed by atoms with van der Waals surface area (Å²) >= 11 is 5.07. The zero-order chi connectivity index (χ0) is 21.9. The lowest BCUT2D eigenvalue weighted by Crippen LogP contribution is -2.37. The second kappa shape index (κ2) is 8.57. The van der Waals surface area contributed by atoms with Crippen LogP contribution < -0.4 is 19.5 Å². The molecule has 158 valence electrons. The molecular weight excluding hydrogens is 422 g/mol. The Bertz CT molecular complexity index is 1030. The molecule has 2 aromatic rings. The molecule has 0 fully saturated rings. The zero-order valence-electron chi connectivity index (χ0n) is 16.7. The van der Waals surface area contributed by atoms with Gasteiger partial charge in [-0.1, -0.05) is 0 Å². The van der Waals surface area contributed by atoms with E-state index in [0.717, 1.165) is 4.68 Å². The van der Waals surface area contributed by atoms with Crippen LogP contribution in [0.3, 0.4) is 0 Å². The van der Waals surface area contributed by atoms with E-state index in [9.17, 15) is 13.2 Å². The summed E-state index contributed by atoms with van der Waals surface area (Å²) < 4.78 is 39.1. The van der Waals surface area contributed by atoms with Gasteiger partial charge in [0.25, 0.3) is 15.9 Å². The molecule has 0 bridgehead atoms. The second-order valence-electron chi connectivity index (χ2n) is 5.92. The summed E-state index contributed by atoms with van der Waals surface area (Å²) in [6.07, 6.45) is 0. The molecule has 14 heteroatoms. The summed E-state index contributed by atoms with van der Waals surface area (Å²) in [6.45, 7) is 1.54. The van der Waals surface area contributed by atoms with E-state index in [-0.39, 0.29) is 39.1 Å². The second-order valence-corrected chi connectivity index (χ2v) is 7.93. The predicted molar refractivity (Wildman–Crippen MR) is 108 cm³/mol. The predicted octanol–water partition coefficient (Wildman–Crippen LogP) is -0.0872. The average Bonchev–Trinajstić information content (AvgIpc) is 2.94. The molecule has 0 aliphatic carbocycles. The lowest BCUT2D eigenvalue weighted by molar-refractivity contribution is 0.0822. The van der Waals surface area contributed by atoms with Crippen LogP contribution in [0, 0.1) is 6.92 Å². The van der Waals surface area contributed by atoms with Gasteiger partial charge in [0.1, 0.15) is 5.56 Å². The minimum absolute atomic E-state index is 0.0420. The Kier molecular flexibility index (Phi) is 6.58. The molecule has 0 atom stereocenters. The van der Waals surface area contributed by atoms with Gasteiger partial charge in [-0.05, 0) is 19.1 Å². The third kappa shape index (κ3) is 4.89. The first-order chi connectivity index (χ1) is 13.5. The Morgan fingerprint density at radius 3 is 2.24 bits per heavy atom. The molecule has 0 aliphatic rings. The molecule has 0 aromatic carbocycles. The van der Waals surface area contributed by atoms with Gasteiger partial charge in [-0.3, -0.25) is 14.2 Å². The molecule has 0 saturated carbocycles. The van der Waals surface area contributed by atoms with Gasteiger partial charge in [0.2, 0.25) is 17.7 Å². The number of carbonyl (C=O) groups excluding carboxylic acids is 1. The van der Waals surface area contributed by atoms with Gasteiger partial charge in [0.15, 0.2) is 10.1 Å². The van der Waals surface area contributed by atoms with Gasteiger partial charge in [0.05, 0.1) is 26.0 Å². The Morgan fingerprint density at radius 2 is 1.76 bits per heavy atom. The SMILES string of the molecule is COc1cc(OC)nc(NC(=S)NS(=O)(=O)c2c(C(=O)N(C)C)c(C)nn2C)n1. The maximum atomic E-state index is 12.9. The largest absolute Gasteiger partial charge is 0.481 e. The van der Waals surface area contributed by atoms with Crippen molar-refractivity contribution in [3.8, 4) is 11.8 Å². The first-order valence-electron chi connectivity index (χ1n) is 8.06. The van der Waals surface area contributed by atoms with Crippen LogP contribution in [0.25, 0.3) is 0 Å². The number of anilines is 1. The number of amides is 1. The van der Waals surface area contributed by atoms with Crippen molar-refractivity contribution in [3.05, 3.63) is 17.3 Å². The third-order valence-corrected chi connectivity index (χ3v) is 5.38. The first kappa shape index (κ1) is 22.3. The van der Waals surface area contributed by atoms with E-state index in [1.165, 1.54) is 46.3 Å². The van der Waals surface area contributed by atoms with Crippen LogP contribution in [0.1, 0.15) is 16.1 Å². The molecular formula is C15H21N7O5S2. The number of thiocarbonyl (C=S) groups is 1. The number of sulfonamides is 1. The summed E-state index contributed by atoms with van der Waals surface area (Å²) in [5, 5.41) is 5.96. The molecule has 12 nitrogen and oxygen atoms in total. The molecule has 29 heavy (non-hydrogen) atoms. The normalized spacial score (nSPS) is 11.0. The van der Waals surface area contributed by atoms with E-state index in [1.807, 2.05) is 0 Å². The highest BCUT2D eigenvalue weighted by atomic mass is 32.2. The molecule has 2 rings (SSSR count). The Balaban J connectivity index is 2.33. The Hall–Kier alpha value is -3.00. The lowest BCUT2D eigenvalue weighted by atomic mass is 10.2. The number of rotatable bonds is 6. The van der Waals surface area contributed by atoms with Gasteiger partial charge in [-0.2, -0.15) is 23.5 Å². The van der Waals surface area contributed by atoms with Crippen LogP contribution in [-0.2, 0) is 17.1 Å². The average molecular weight is 444 g/mol. The van der Waals surface area contributed by atoms with Crippen LogP contribution in [0.15, 0.2) is 11.1 Å². The summed E-state index contributed by atoms with van der Waals surface area (Å²) in [6, 6.07) is 1.44. The number of nitrogens with zero attached hydrogens (tertiary/aromatic N) is 5. The number of methoxy groups -OCH3 is 2. The van der Waals surface area contributed by atoms with Crippen LogP contribution in [0.4, 0.5) is 5.95 Å². The Morgan fingerprint density at radius 1 is 1.21 bits per heavy atom. The fraction of sp³-hybridized carbons (Fsp3) is 0.400. The minimum Gasteiger partial charge on any atom is -0.481 e. The summed E-state index contributed by atoms with van der Waals surface area (Å²) in [5.74, 6) is -0.173. The summed E-state index contributed by atoms with van der Waals surface area (Å²) in [4.78, 5) is 21.7. The zero-order valence-corrected chi connectivity index (χ0v) is 18.3. The lowest BCUT2D eigenvalue weighted by Gasteiger charge is -2.14. The van der Waals surface area contributed by atoms with E-state index in [2.05, 4.69) is 25.1 Å². The van der Waals surface area contributed by atoms with Gasteiger partial charge < -0.3 is 19.7 Å². The molecule has 1 amide bonds. The molecule has 2 aromatic heterocycles. The molecule has 2 heterocycles. The van der Waals surface area contributed by atoms with Crippen molar-refractivity contribution in [1.29, 1.82) is 0 Å². The van der Waals surface area contributed by atoms with Crippen LogP contribution in [0.5, 0.6) is 11.8 Å². The van der Waals surface area contributed by atoms with E-state index in [1.54, 1.807) is 6.92 Å². The topological polar surface area (TPSA) is 141 Å². The number of ether oxygens (including phenoxy) is 2. The van der Waals surface area contributed by atoms with Crippen LogP contribution in [-0.4, -0.2) is 72.4 Å². The van der Waals surface area contributed by atoms with Crippen molar-refractivity contribution >= 4 is 39.2 Å². The van der Waals surface area contributed by atoms with Gasteiger partial charge in [-0.25, -0.2) is 0 Å². The fourth-order valence-corrected chi connectivity index (χ4v) is 4.09. The smallest absolute Gasteiger partial charge is 0.281 e. The highest BCUT2D eigenvalue weighted by Gasteiger charge is 2.31. The molecule has 2 N–H and O–H groups in total. The van der Waals surface area contributed by atoms with Gasteiger partial charge in [0, 0.05) is 21.1 Å². The highest BCUT2D eigenvalue weighted by molar-refractivity contribution is 7.92. The first-order valence-corrected chi connectivity index (χ1v) is 9.95. The fourth-order valence-electron chi connectivity index (χ4n) is 2.38. The van der Waals surface area contributed by atoms with Gasteiger partial charge in [-0.15, -0.1) is 0 Å². The van der Waals surface area contributed by atoms with Gasteiger partial charge >= 0.3 is 0 Å². The maximum Gasteiger partial charge on any atom is 0.281 e. The quantitative estimate of drug-likeness (QED) is 0.582. The number of hydrogen-bond donors (Lipinski definition) is 2. The Labute approximate surface area is 173 Å². The number of hydrogen-bond acceptors (Lipinski definition) is 9. The van der Waals surface area contributed by atoms with E-state index >= 15 is 0 Å². The van der Waals surface area contributed by atoms with Crippen LogP contribution >= 0.6 is 12.2 Å². The number of nitrogens with one attached hydrogen (secondary N) is 2. The van der Waals surface area contributed by atoms with Crippen molar-refractivity contribution < 1.29 is 22.7 Å². The molecule has 0 unspecified atom stereocenters. The maximum absolute atomic E-state index is 12.9. The summed E-state index contributed by atoms with van der Waals surface area (Å²) in [7, 11) is 3.00. The molecule has 0 aliphatic heterocycles. The molecule has 0 saturated heterocycles. The van der Waals surface area contributed by atoms with Crippen molar-refractivity contribution in [1.82, 2.24) is 29.4 Å². The van der Waals surface area contributed by atoms with Crippen LogP contribution in [0.2, 0.25) is 0 Å². The van der Waals surface area contributed by atoms with E-state index < -0.39 is 15.9 Å². The van der Waals surface area contributed by atoms with Crippen molar-refractivity contribution in [2.24, 2.45) is 7.05 Å². The number of carbonyl (C=O) groups is 1. The van der Waals surface area contributed by atoms with E-state index in [0.29, 0.717) is 0 Å². The summed E-state index contributed by atoms with van der Waals surface area (Å²) in [5.41, 5.74) is 0.221. The molecule has 0 radical (unpaired) electrons. The monoisotopic (exact) mass is 443 g/mol. The molecule has 0 spiro atoms. The minimum atomic E-state index is -4.25. The van der Waals surface area contributed by atoms with Crippen molar-refractivity contribution in [3.63, 3.8) is 0 Å². The van der Waals surface area contributed by atoms with Crippen molar-refractivity contribution in [2.75, 3.05) is 33.6 Å². The number of aromatic nitrogens is 4. The van der Waals surface area contributed by atoms with E-state index in [4.69, 9.17) is 21.7 Å². The highest BCUT2D eigenvalue weighted by Crippen LogP contribution is 2.21. The van der Waals surface area contributed by atoms with Crippen molar-refractivity contribution in [2.45, 2.75) is 11.9 Å². The number of aryl methyl sites for hydroxylation is 2.